The number of aromatic nitrogens is 1. The minimum atomic E-state index is 0.922. The SMILES string of the molecule is CC/C(=C\CNC)c1cn(C)c2cc(N3CCCCC3)ccc12. The van der Waals surface area contributed by atoms with Gasteiger partial charge in [-0.05, 0) is 50.4 Å². The van der Waals surface area contributed by atoms with Gasteiger partial charge in [0.15, 0.2) is 0 Å². The van der Waals surface area contributed by atoms with E-state index in [2.05, 4.69) is 59.2 Å². The van der Waals surface area contributed by atoms with Crippen molar-refractivity contribution in [1.29, 1.82) is 0 Å². The number of allylic oxidation sites excluding steroid dienone is 1. The fourth-order valence-electron chi connectivity index (χ4n) is 3.65. The Morgan fingerprint density at radius 2 is 2.00 bits per heavy atom. The molecule has 0 aliphatic carbocycles. The smallest absolute Gasteiger partial charge is 0.0504 e. The first kappa shape index (κ1) is 16.1. The van der Waals surface area contributed by atoms with E-state index < -0.39 is 0 Å². The zero-order valence-electron chi connectivity index (χ0n) is 14.7. The fraction of sp³-hybridized carbons (Fsp3) is 0.500. The predicted molar refractivity (Wildman–Crippen MR) is 101 cm³/mol. The van der Waals surface area contributed by atoms with E-state index in [1.807, 2.05) is 7.05 Å². The van der Waals surface area contributed by atoms with Crippen LogP contribution in [0.4, 0.5) is 5.69 Å². The maximum atomic E-state index is 3.22. The Hall–Kier alpha value is -1.74. The van der Waals surface area contributed by atoms with Crippen LogP contribution < -0.4 is 10.2 Å². The van der Waals surface area contributed by atoms with E-state index in [-0.39, 0.29) is 0 Å². The van der Waals surface area contributed by atoms with Gasteiger partial charge in [0.1, 0.15) is 0 Å². The van der Waals surface area contributed by atoms with Gasteiger partial charge < -0.3 is 14.8 Å². The summed E-state index contributed by atoms with van der Waals surface area (Å²) in [6, 6.07) is 7.00. The normalized spacial score (nSPS) is 16.3. The van der Waals surface area contributed by atoms with Gasteiger partial charge >= 0.3 is 0 Å². The molecule has 1 aromatic carbocycles. The molecule has 3 rings (SSSR count). The fourth-order valence-corrected chi connectivity index (χ4v) is 3.65. The van der Waals surface area contributed by atoms with Crippen LogP contribution in [0.3, 0.4) is 0 Å². The summed E-state index contributed by atoms with van der Waals surface area (Å²) in [7, 11) is 4.16. The topological polar surface area (TPSA) is 20.2 Å². The predicted octanol–water partition coefficient (Wildman–Crippen LogP) is 4.18. The van der Waals surface area contributed by atoms with Crippen molar-refractivity contribution < 1.29 is 0 Å². The third-order valence-corrected chi connectivity index (χ3v) is 4.97. The minimum Gasteiger partial charge on any atom is -0.371 e. The second-order valence-corrected chi connectivity index (χ2v) is 6.54. The quantitative estimate of drug-likeness (QED) is 0.894. The number of piperidine rings is 1. The zero-order valence-corrected chi connectivity index (χ0v) is 14.7. The highest BCUT2D eigenvalue weighted by atomic mass is 15.1. The number of hydrogen-bond acceptors (Lipinski definition) is 2. The van der Waals surface area contributed by atoms with Crippen molar-refractivity contribution in [3.05, 3.63) is 36.0 Å². The van der Waals surface area contributed by atoms with Gasteiger partial charge in [0.2, 0.25) is 0 Å². The van der Waals surface area contributed by atoms with Gasteiger partial charge in [-0.15, -0.1) is 0 Å². The van der Waals surface area contributed by atoms with Crippen molar-refractivity contribution in [3.8, 4) is 0 Å². The summed E-state index contributed by atoms with van der Waals surface area (Å²) in [6.07, 6.45) is 9.69. The van der Waals surface area contributed by atoms with Gasteiger partial charge in [0.25, 0.3) is 0 Å². The second-order valence-electron chi connectivity index (χ2n) is 6.54. The lowest BCUT2D eigenvalue weighted by atomic mass is 10.0. The molecule has 2 heterocycles. The molecule has 1 fully saturated rings. The highest BCUT2D eigenvalue weighted by Crippen LogP contribution is 2.32. The molecule has 124 valence electrons. The average Bonchev–Trinajstić information content (AvgIpc) is 2.93. The summed E-state index contributed by atoms with van der Waals surface area (Å²) < 4.78 is 2.28. The molecule has 0 spiro atoms. The van der Waals surface area contributed by atoms with E-state index in [0.29, 0.717) is 0 Å². The Kier molecular flexibility index (Phi) is 5.06. The molecular formula is C20H29N3. The molecule has 0 unspecified atom stereocenters. The molecule has 1 aliphatic heterocycles. The highest BCUT2D eigenvalue weighted by molar-refractivity contribution is 5.94. The van der Waals surface area contributed by atoms with Crippen LogP contribution in [-0.4, -0.2) is 31.2 Å². The van der Waals surface area contributed by atoms with Gasteiger partial charge in [-0.3, -0.25) is 0 Å². The standard InChI is InChI=1S/C20H29N3/c1-4-16(10-11-21-2)19-15-22(3)20-14-17(8-9-18(19)20)23-12-6-5-7-13-23/h8-10,14-15,21H,4-7,11-13H2,1-3H3/b16-10+. The maximum absolute atomic E-state index is 3.22. The van der Waals surface area contributed by atoms with Crippen molar-refractivity contribution >= 4 is 22.2 Å². The lowest BCUT2D eigenvalue weighted by Crippen LogP contribution is -2.29. The number of anilines is 1. The van der Waals surface area contributed by atoms with Gasteiger partial charge in [-0.2, -0.15) is 0 Å². The molecular weight excluding hydrogens is 282 g/mol. The molecule has 1 saturated heterocycles. The van der Waals surface area contributed by atoms with Crippen LogP contribution in [0, 0.1) is 0 Å². The molecule has 1 aliphatic rings. The first-order chi connectivity index (χ1) is 11.2. The Balaban J connectivity index is 1.99. The summed E-state index contributed by atoms with van der Waals surface area (Å²) in [6.45, 7) is 5.56. The van der Waals surface area contributed by atoms with E-state index in [4.69, 9.17) is 0 Å². The largest absolute Gasteiger partial charge is 0.371 e. The molecule has 0 amide bonds. The van der Waals surface area contributed by atoms with Crippen LogP contribution in [-0.2, 0) is 7.05 Å². The number of rotatable bonds is 5. The van der Waals surface area contributed by atoms with Crippen LogP contribution >= 0.6 is 0 Å². The minimum absolute atomic E-state index is 0.922. The van der Waals surface area contributed by atoms with Crippen molar-refractivity contribution in [1.82, 2.24) is 9.88 Å². The molecule has 3 nitrogen and oxygen atoms in total. The molecule has 3 heteroatoms. The van der Waals surface area contributed by atoms with Crippen molar-refractivity contribution in [2.75, 3.05) is 31.6 Å². The van der Waals surface area contributed by atoms with E-state index in [0.717, 1.165) is 13.0 Å². The van der Waals surface area contributed by atoms with Crippen molar-refractivity contribution in [2.45, 2.75) is 32.6 Å². The number of fused-ring (bicyclic) bond motifs is 1. The zero-order chi connectivity index (χ0) is 16.2. The molecule has 1 aromatic heterocycles. The average molecular weight is 311 g/mol. The molecule has 0 saturated carbocycles. The Labute approximate surface area is 140 Å². The Morgan fingerprint density at radius 1 is 1.22 bits per heavy atom. The first-order valence-electron chi connectivity index (χ1n) is 8.92. The molecule has 0 bridgehead atoms. The van der Waals surface area contributed by atoms with E-state index in [1.54, 1.807) is 0 Å². The number of likely N-dealkylation sites (N-methyl/N-ethyl adjacent to an activating group) is 1. The summed E-state index contributed by atoms with van der Waals surface area (Å²) in [5, 5.41) is 4.59. The van der Waals surface area contributed by atoms with Gasteiger partial charge in [0, 0.05) is 49.5 Å². The van der Waals surface area contributed by atoms with E-state index in [1.165, 1.54) is 60.1 Å². The lowest BCUT2D eigenvalue weighted by Gasteiger charge is -2.28. The van der Waals surface area contributed by atoms with Crippen LogP contribution in [0.2, 0.25) is 0 Å². The van der Waals surface area contributed by atoms with E-state index >= 15 is 0 Å². The van der Waals surface area contributed by atoms with Gasteiger partial charge in [0.05, 0.1) is 5.52 Å². The van der Waals surface area contributed by atoms with Gasteiger partial charge in [-0.1, -0.05) is 19.1 Å². The summed E-state index contributed by atoms with van der Waals surface area (Å²) >= 11 is 0. The van der Waals surface area contributed by atoms with E-state index in [9.17, 15) is 0 Å². The second kappa shape index (κ2) is 7.22. The van der Waals surface area contributed by atoms with Crippen LogP contribution in [0.25, 0.3) is 16.5 Å². The van der Waals surface area contributed by atoms with Crippen molar-refractivity contribution in [2.24, 2.45) is 7.05 Å². The first-order valence-corrected chi connectivity index (χ1v) is 8.92. The van der Waals surface area contributed by atoms with Gasteiger partial charge in [-0.25, -0.2) is 0 Å². The lowest BCUT2D eigenvalue weighted by molar-refractivity contribution is 0.578. The third kappa shape index (κ3) is 3.30. The summed E-state index contributed by atoms with van der Waals surface area (Å²) in [5.41, 5.74) is 5.52. The van der Waals surface area contributed by atoms with Crippen LogP contribution in [0.1, 0.15) is 38.2 Å². The molecule has 0 radical (unpaired) electrons. The Bertz CT molecular complexity index is 690. The molecule has 0 atom stereocenters. The molecule has 1 N–H and O–H groups in total. The molecule has 23 heavy (non-hydrogen) atoms. The number of nitrogens with one attached hydrogen (secondary N) is 1. The maximum Gasteiger partial charge on any atom is 0.0504 e. The highest BCUT2D eigenvalue weighted by Gasteiger charge is 2.14. The molecule has 2 aromatic rings. The van der Waals surface area contributed by atoms with Crippen LogP contribution in [0.15, 0.2) is 30.5 Å². The Morgan fingerprint density at radius 3 is 2.70 bits per heavy atom. The monoisotopic (exact) mass is 311 g/mol. The summed E-state index contributed by atoms with van der Waals surface area (Å²) in [4.78, 5) is 2.53. The third-order valence-electron chi connectivity index (χ3n) is 4.97. The number of nitrogens with zero attached hydrogens (tertiary/aromatic N) is 2. The number of hydrogen-bond donors (Lipinski definition) is 1. The number of aryl methyl sites for hydroxylation is 1. The van der Waals surface area contributed by atoms with Crippen LogP contribution in [0.5, 0.6) is 0 Å². The van der Waals surface area contributed by atoms with Crippen molar-refractivity contribution in [3.63, 3.8) is 0 Å². The summed E-state index contributed by atoms with van der Waals surface area (Å²) in [5.74, 6) is 0. The number of benzene rings is 1.